The van der Waals surface area contributed by atoms with Gasteiger partial charge in [-0.25, -0.2) is 0 Å². The van der Waals surface area contributed by atoms with E-state index in [9.17, 15) is 14.4 Å². The first-order valence-electron chi connectivity index (χ1n) is 10.6. The molecule has 1 saturated heterocycles. The van der Waals surface area contributed by atoms with Crippen LogP contribution in [0.1, 0.15) is 44.9 Å². The summed E-state index contributed by atoms with van der Waals surface area (Å²) in [4.78, 5) is 38.2. The number of amides is 3. The van der Waals surface area contributed by atoms with Gasteiger partial charge in [0, 0.05) is 32.0 Å². The first-order chi connectivity index (χ1) is 14.0. The van der Waals surface area contributed by atoms with E-state index >= 15 is 0 Å². The van der Waals surface area contributed by atoms with Crippen LogP contribution in [0.3, 0.4) is 0 Å². The lowest BCUT2D eigenvalue weighted by Gasteiger charge is -2.29. The number of likely N-dealkylation sites (tertiary alicyclic amines) is 1. The van der Waals surface area contributed by atoms with Gasteiger partial charge in [0.1, 0.15) is 11.8 Å². The lowest BCUT2D eigenvalue weighted by molar-refractivity contribution is -0.133. The van der Waals surface area contributed by atoms with Gasteiger partial charge in [0.15, 0.2) is 0 Å². The fourth-order valence-electron chi connectivity index (χ4n) is 3.99. The Bertz CT molecular complexity index is 701. The molecule has 1 unspecified atom stereocenters. The topological polar surface area (TPSA) is 87.7 Å². The molecule has 7 heteroatoms. The van der Waals surface area contributed by atoms with Crippen LogP contribution in [0.25, 0.3) is 0 Å². The normalized spacial score (nSPS) is 24.2. The Hall–Kier alpha value is -2.57. The van der Waals surface area contributed by atoms with Crippen molar-refractivity contribution < 1.29 is 19.1 Å². The average molecular weight is 402 g/mol. The minimum Gasteiger partial charge on any atom is -0.494 e. The van der Waals surface area contributed by atoms with Crippen LogP contribution in [0.2, 0.25) is 0 Å². The van der Waals surface area contributed by atoms with Crippen LogP contribution in [0.4, 0.5) is 0 Å². The summed E-state index contributed by atoms with van der Waals surface area (Å²) in [7, 11) is 1.76. The molecular weight excluding hydrogens is 370 g/mol. The van der Waals surface area contributed by atoms with Crippen molar-refractivity contribution in [3.05, 3.63) is 30.3 Å². The Morgan fingerprint density at radius 1 is 1.07 bits per heavy atom. The molecule has 1 aliphatic carbocycles. The van der Waals surface area contributed by atoms with E-state index in [2.05, 4.69) is 10.6 Å². The molecule has 1 aromatic rings. The second-order valence-corrected chi connectivity index (χ2v) is 7.99. The number of rotatable bonds is 8. The van der Waals surface area contributed by atoms with Crippen LogP contribution in [-0.2, 0) is 14.4 Å². The van der Waals surface area contributed by atoms with Crippen LogP contribution >= 0.6 is 0 Å². The number of benzene rings is 1. The Labute approximate surface area is 172 Å². The van der Waals surface area contributed by atoms with E-state index in [1.165, 1.54) is 0 Å². The van der Waals surface area contributed by atoms with Crippen LogP contribution in [0, 0.1) is 5.92 Å². The summed E-state index contributed by atoms with van der Waals surface area (Å²) >= 11 is 0. The van der Waals surface area contributed by atoms with E-state index in [1.807, 2.05) is 30.3 Å². The first-order valence-corrected chi connectivity index (χ1v) is 10.6. The summed E-state index contributed by atoms with van der Waals surface area (Å²) in [6, 6.07) is 9.33. The van der Waals surface area contributed by atoms with Gasteiger partial charge in [-0.1, -0.05) is 18.2 Å². The van der Waals surface area contributed by atoms with E-state index in [0.29, 0.717) is 32.4 Å². The number of para-hydroxylation sites is 1. The number of hydrogen-bond acceptors (Lipinski definition) is 4. The maximum atomic E-state index is 12.4. The Morgan fingerprint density at radius 3 is 2.45 bits per heavy atom. The van der Waals surface area contributed by atoms with Crippen molar-refractivity contribution in [3.63, 3.8) is 0 Å². The van der Waals surface area contributed by atoms with Gasteiger partial charge in [-0.15, -0.1) is 0 Å². The van der Waals surface area contributed by atoms with Crippen molar-refractivity contribution in [3.8, 4) is 5.75 Å². The summed E-state index contributed by atoms with van der Waals surface area (Å²) in [5, 5.41) is 5.98. The van der Waals surface area contributed by atoms with Gasteiger partial charge in [0.25, 0.3) is 0 Å². The van der Waals surface area contributed by atoms with Crippen molar-refractivity contribution in [1.29, 1.82) is 0 Å². The maximum absolute atomic E-state index is 12.4. The molecule has 1 heterocycles. The summed E-state index contributed by atoms with van der Waals surface area (Å²) < 4.78 is 5.60. The van der Waals surface area contributed by atoms with Gasteiger partial charge in [-0.3, -0.25) is 14.4 Å². The number of carbonyl (C=O) groups is 3. The predicted octanol–water partition coefficient (Wildman–Crippen LogP) is 1.87. The monoisotopic (exact) mass is 401 g/mol. The molecule has 2 aliphatic rings. The molecule has 2 N–H and O–H groups in total. The zero-order valence-electron chi connectivity index (χ0n) is 17.1. The largest absolute Gasteiger partial charge is 0.494 e. The second-order valence-electron chi connectivity index (χ2n) is 7.99. The fraction of sp³-hybridized carbons (Fsp3) is 0.591. The van der Waals surface area contributed by atoms with Gasteiger partial charge in [0.2, 0.25) is 17.7 Å². The maximum Gasteiger partial charge on any atom is 0.244 e. The van der Waals surface area contributed by atoms with Gasteiger partial charge in [0.05, 0.1) is 6.61 Å². The van der Waals surface area contributed by atoms with Gasteiger partial charge >= 0.3 is 0 Å². The first kappa shape index (κ1) is 21.1. The van der Waals surface area contributed by atoms with Crippen molar-refractivity contribution in [1.82, 2.24) is 15.5 Å². The molecule has 1 atom stereocenters. The number of carbonyl (C=O) groups excluding carboxylic acids is 3. The summed E-state index contributed by atoms with van der Waals surface area (Å²) in [6.45, 7) is 1.21. The third kappa shape index (κ3) is 6.21. The molecule has 29 heavy (non-hydrogen) atoms. The molecule has 1 saturated carbocycles. The van der Waals surface area contributed by atoms with Crippen LogP contribution < -0.4 is 15.4 Å². The minimum atomic E-state index is -0.372. The van der Waals surface area contributed by atoms with Crippen LogP contribution in [0.15, 0.2) is 30.3 Å². The number of ether oxygens (including phenoxy) is 1. The minimum absolute atomic E-state index is 0.00413. The Morgan fingerprint density at radius 2 is 1.79 bits per heavy atom. The smallest absolute Gasteiger partial charge is 0.244 e. The molecule has 0 aromatic heterocycles. The number of nitrogens with zero attached hydrogens (tertiary/aromatic N) is 1. The number of nitrogens with one attached hydrogen (secondary N) is 2. The predicted molar refractivity (Wildman–Crippen MR) is 109 cm³/mol. The van der Waals surface area contributed by atoms with E-state index < -0.39 is 0 Å². The molecule has 0 spiro atoms. The van der Waals surface area contributed by atoms with E-state index in [4.69, 9.17) is 4.74 Å². The Balaban J connectivity index is 1.29. The van der Waals surface area contributed by atoms with Gasteiger partial charge in [-0.05, 0) is 50.7 Å². The average Bonchev–Trinajstić information content (AvgIpc) is 3.04. The zero-order chi connectivity index (χ0) is 20.6. The van der Waals surface area contributed by atoms with Crippen molar-refractivity contribution in [2.45, 2.75) is 57.0 Å². The summed E-state index contributed by atoms with van der Waals surface area (Å²) in [5.41, 5.74) is 0. The molecule has 3 rings (SSSR count). The second kappa shape index (κ2) is 10.3. The third-order valence-electron chi connectivity index (χ3n) is 5.77. The Kier molecular flexibility index (Phi) is 7.49. The molecule has 3 amide bonds. The third-order valence-corrected chi connectivity index (χ3v) is 5.77. The number of hydrogen-bond donors (Lipinski definition) is 2. The quantitative estimate of drug-likeness (QED) is 0.651. The van der Waals surface area contributed by atoms with Crippen molar-refractivity contribution in [2.75, 3.05) is 20.2 Å². The summed E-state index contributed by atoms with van der Waals surface area (Å²) in [5.74, 6) is 0.753. The lowest BCUT2D eigenvalue weighted by Crippen LogP contribution is -2.45. The molecule has 1 aliphatic heterocycles. The van der Waals surface area contributed by atoms with Crippen LogP contribution in [0.5, 0.6) is 5.75 Å². The highest BCUT2D eigenvalue weighted by Gasteiger charge is 2.33. The highest BCUT2D eigenvalue weighted by Crippen LogP contribution is 2.25. The molecule has 158 valence electrons. The van der Waals surface area contributed by atoms with E-state index in [-0.39, 0.29) is 35.7 Å². The van der Waals surface area contributed by atoms with Crippen molar-refractivity contribution in [2.24, 2.45) is 5.92 Å². The lowest BCUT2D eigenvalue weighted by atomic mass is 9.85. The molecule has 0 radical (unpaired) electrons. The molecule has 7 nitrogen and oxygen atoms in total. The van der Waals surface area contributed by atoms with E-state index in [1.54, 1.807) is 11.9 Å². The molecule has 1 aromatic carbocycles. The van der Waals surface area contributed by atoms with Gasteiger partial charge in [-0.2, -0.15) is 0 Å². The van der Waals surface area contributed by atoms with Crippen LogP contribution in [-0.4, -0.2) is 54.9 Å². The zero-order valence-corrected chi connectivity index (χ0v) is 17.1. The molecule has 2 fully saturated rings. The highest BCUT2D eigenvalue weighted by atomic mass is 16.5. The highest BCUT2D eigenvalue weighted by molar-refractivity contribution is 5.89. The SMILES string of the molecule is CN1CCC(NC(=O)C2CCC(NC(=O)CCCOc3ccccc3)CC2)C1=O. The standard InChI is InChI=1S/C22H31N3O4/c1-25-14-13-19(22(25)28)24-21(27)16-9-11-17(12-10-16)23-20(26)8-5-15-29-18-6-3-2-4-7-18/h2-4,6-7,16-17,19H,5,8-15H2,1H3,(H,23,26)(H,24,27). The molecular formula is C22H31N3O4. The summed E-state index contributed by atoms with van der Waals surface area (Å²) in [6.07, 6.45) is 4.86. The number of likely N-dealkylation sites (N-methyl/N-ethyl adjacent to an activating group) is 1. The van der Waals surface area contributed by atoms with Crippen molar-refractivity contribution >= 4 is 17.7 Å². The van der Waals surface area contributed by atoms with E-state index in [0.717, 1.165) is 31.4 Å². The molecule has 0 bridgehead atoms. The fourth-order valence-corrected chi connectivity index (χ4v) is 3.99. The van der Waals surface area contributed by atoms with Gasteiger partial charge < -0.3 is 20.3 Å².